The lowest BCUT2D eigenvalue weighted by atomic mass is 10.2. The molecule has 1 aromatic carbocycles. The van der Waals surface area contributed by atoms with Gasteiger partial charge in [-0.2, -0.15) is 0 Å². The highest BCUT2D eigenvalue weighted by atomic mass is 79.9. The van der Waals surface area contributed by atoms with Crippen LogP contribution in [-0.4, -0.2) is 12.2 Å². The third-order valence-electron chi connectivity index (χ3n) is 2.51. The van der Waals surface area contributed by atoms with Crippen molar-refractivity contribution in [3.05, 3.63) is 28.4 Å². The van der Waals surface area contributed by atoms with Gasteiger partial charge in [0.2, 0.25) is 0 Å². The topological polar surface area (TPSA) is 42.6 Å². The summed E-state index contributed by atoms with van der Waals surface area (Å²) in [5, 5.41) is 10.6. The van der Waals surface area contributed by atoms with Crippen LogP contribution >= 0.6 is 15.9 Å². The number of rotatable bonds is 3. The Morgan fingerprint density at radius 1 is 1.44 bits per heavy atom. The summed E-state index contributed by atoms with van der Waals surface area (Å²) in [6.45, 7) is 1.91. The van der Waals surface area contributed by atoms with E-state index in [2.05, 4.69) is 15.9 Å². The van der Waals surface area contributed by atoms with E-state index in [4.69, 9.17) is 9.15 Å². The number of aliphatic hydroxyl groups is 1. The molecule has 86 valence electrons. The van der Waals surface area contributed by atoms with E-state index < -0.39 is 6.10 Å². The van der Waals surface area contributed by atoms with Gasteiger partial charge in [-0.1, -0.05) is 6.92 Å². The van der Waals surface area contributed by atoms with Crippen LogP contribution in [0.2, 0.25) is 0 Å². The van der Waals surface area contributed by atoms with Crippen molar-refractivity contribution in [2.45, 2.75) is 19.4 Å². The van der Waals surface area contributed by atoms with Gasteiger partial charge in [-0.15, -0.1) is 0 Å². The first-order chi connectivity index (χ1) is 7.65. The number of aliphatic hydroxyl groups excluding tert-OH is 1. The molecule has 1 aromatic heterocycles. The maximum absolute atomic E-state index is 9.71. The standard InChI is InChI=1S/C12H13BrO3/c1-3-10(14)11-5-7-4-8(15-2)6-9(13)12(7)16-11/h4-6,10,14H,3H2,1-2H3. The van der Waals surface area contributed by atoms with E-state index in [1.54, 1.807) is 7.11 Å². The maximum atomic E-state index is 9.71. The predicted molar refractivity (Wildman–Crippen MR) is 65.7 cm³/mol. The van der Waals surface area contributed by atoms with Gasteiger partial charge in [-0.05, 0) is 40.5 Å². The fraction of sp³-hybridized carbons (Fsp3) is 0.333. The monoisotopic (exact) mass is 284 g/mol. The van der Waals surface area contributed by atoms with Crippen LogP contribution in [0.25, 0.3) is 11.0 Å². The SMILES string of the molecule is CCC(O)c1cc2cc(OC)cc(Br)c2o1. The first kappa shape index (κ1) is 11.5. The Kier molecular flexibility index (Phi) is 3.21. The summed E-state index contributed by atoms with van der Waals surface area (Å²) < 4.78 is 11.6. The van der Waals surface area contributed by atoms with Gasteiger partial charge in [0.25, 0.3) is 0 Å². The normalized spacial score (nSPS) is 13.0. The smallest absolute Gasteiger partial charge is 0.148 e. The lowest BCUT2D eigenvalue weighted by Crippen LogP contribution is -1.90. The molecule has 0 saturated carbocycles. The fourth-order valence-electron chi connectivity index (χ4n) is 1.59. The molecule has 16 heavy (non-hydrogen) atoms. The van der Waals surface area contributed by atoms with E-state index in [1.807, 2.05) is 25.1 Å². The minimum absolute atomic E-state index is 0.551. The van der Waals surface area contributed by atoms with E-state index in [1.165, 1.54) is 0 Å². The van der Waals surface area contributed by atoms with Gasteiger partial charge in [0.1, 0.15) is 23.2 Å². The van der Waals surface area contributed by atoms with Crippen molar-refractivity contribution in [2.24, 2.45) is 0 Å². The molecule has 1 unspecified atom stereocenters. The molecule has 0 spiro atoms. The summed E-state index contributed by atoms with van der Waals surface area (Å²) in [5.41, 5.74) is 0.739. The van der Waals surface area contributed by atoms with E-state index in [0.29, 0.717) is 12.2 Å². The first-order valence-corrected chi connectivity index (χ1v) is 5.90. The Labute approximate surface area is 102 Å². The Hall–Kier alpha value is -1.00. The van der Waals surface area contributed by atoms with Gasteiger partial charge in [-0.25, -0.2) is 0 Å². The van der Waals surface area contributed by atoms with Gasteiger partial charge >= 0.3 is 0 Å². The lowest BCUT2D eigenvalue weighted by molar-refractivity contribution is 0.148. The Morgan fingerprint density at radius 3 is 2.81 bits per heavy atom. The minimum Gasteiger partial charge on any atom is -0.497 e. The highest BCUT2D eigenvalue weighted by Crippen LogP contribution is 2.34. The summed E-state index contributed by atoms with van der Waals surface area (Å²) >= 11 is 3.42. The molecule has 0 aliphatic heterocycles. The molecule has 0 aliphatic carbocycles. The van der Waals surface area contributed by atoms with Crippen LogP contribution in [0, 0.1) is 0 Å². The van der Waals surface area contributed by atoms with Gasteiger partial charge in [-0.3, -0.25) is 0 Å². The second-order valence-corrected chi connectivity index (χ2v) is 4.45. The Bertz CT molecular complexity index is 504. The molecular formula is C12H13BrO3. The second-order valence-electron chi connectivity index (χ2n) is 3.60. The third-order valence-corrected chi connectivity index (χ3v) is 3.10. The molecule has 1 heterocycles. The maximum Gasteiger partial charge on any atom is 0.148 e. The molecular weight excluding hydrogens is 272 g/mol. The zero-order valence-electron chi connectivity index (χ0n) is 9.16. The highest BCUT2D eigenvalue weighted by Gasteiger charge is 2.14. The van der Waals surface area contributed by atoms with Crippen molar-refractivity contribution < 1.29 is 14.3 Å². The zero-order chi connectivity index (χ0) is 11.7. The largest absolute Gasteiger partial charge is 0.497 e. The molecule has 0 amide bonds. The number of fused-ring (bicyclic) bond motifs is 1. The number of benzene rings is 1. The minimum atomic E-state index is -0.551. The third kappa shape index (κ3) is 1.95. The van der Waals surface area contributed by atoms with Crippen molar-refractivity contribution in [2.75, 3.05) is 7.11 Å². The van der Waals surface area contributed by atoms with E-state index >= 15 is 0 Å². The van der Waals surface area contributed by atoms with Gasteiger partial charge in [0, 0.05) is 5.39 Å². The van der Waals surface area contributed by atoms with E-state index in [0.717, 1.165) is 21.2 Å². The van der Waals surface area contributed by atoms with Crippen LogP contribution in [0.5, 0.6) is 5.75 Å². The van der Waals surface area contributed by atoms with E-state index in [9.17, 15) is 5.11 Å². The summed E-state index contributed by atoms with van der Waals surface area (Å²) in [7, 11) is 1.62. The number of hydrogen-bond acceptors (Lipinski definition) is 3. The highest BCUT2D eigenvalue weighted by molar-refractivity contribution is 9.10. The van der Waals surface area contributed by atoms with Crippen LogP contribution in [0.1, 0.15) is 25.2 Å². The molecule has 0 bridgehead atoms. The molecule has 2 aromatic rings. The zero-order valence-corrected chi connectivity index (χ0v) is 10.7. The average molecular weight is 285 g/mol. The van der Waals surface area contributed by atoms with E-state index in [-0.39, 0.29) is 0 Å². The van der Waals surface area contributed by atoms with Gasteiger partial charge < -0.3 is 14.3 Å². The molecule has 0 saturated heterocycles. The average Bonchev–Trinajstić information content (AvgIpc) is 2.72. The second kappa shape index (κ2) is 4.47. The molecule has 3 nitrogen and oxygen atoms in total. The molecule has 1 atom stereocenters. The summed E-state index contributed by atoms with van der Waals surface area (Å²) in [5.74, 6) is 1.35. The fourth-order valence-corrected chi connectivity index (χ4v) is 2.12. The molecule has 4 heteroatoms. The van der Waals surface area contributed by atoms with Crippen LogP contribution < -0.4 is 4.74 Å². The molecule has 0 fully saturated rings. The summed E-state index contributed by atoms with van der Waals surface area (Å²) in [4.78, 5) is 0. The Morgan fingerprint density at radius 2 is 2.19 bits per heavy atom. The van der Waals surface area contributed by atoms with Crippen LogP contribution in [0.3, 0.4) is 0 Å². The van der Waals surface area contributed by atoms with Crippen molar-refractivity contribution in [3.63, 3.8) is 0 Å². The van der Waals surface area contributed by atoms with Crippen LogP contribution in [0.15, 0.2) is 27.1 Å². The lowest BCUT2D eigenvalue weighted by Gasteiger charge is -2.01. The van der Waals surface area contributed by atoms with Crippen molar-refractivity contribution in [3.8, 4) is 5.75 Å². The number of ether oxygens (including phenoxy) is 1. The number of methoxy groups -OCH3 is 1. The molecule has 0 aliphatic rings. The molecule has 1 N–H and O–H groups in total. The number of halogens is 1. The first-order valence-electron chi connectivity index (χ1n) is 5.10. The predicted octanol–water partition coefficient (Wildman–Crippen LogP) is 3.65. The van der Waals surface area contributed by atoms with Gasteiger partial charge in [0.05, 0.1) is 11.6 Å². The van der Waals surface area contributed by atoms with Crippen molar-refractivity contribution in [1.82, 2.24) is 0 Å². The molecule has 0 radical (unpaired) electrons. The van der Waals surface area contributed by atoms with Crippen molar-refractivity contribution in [1.29, 1.82) is 0 Å². The molecule has 2 rings (SSSR count). The summed E-state index contributed by atoms with van der Waals surface area (Å²) in [6, 6.07) is 5.57. The Balaban J connectivity index is 2.56. The van der Waals surface area contributed by atoms with Crippen LogP contribution in [-0.2, 0) is 0 Å². The number of furan rings is 1. The van der Waals surface area contributed by atoms with Crippen LogP contribution in [0.4, 0.5) is 0 Å². The summed E-state index contributed by atoms with van der Waals surface area (Å²) in [6.07, 6.45) is 0.0829. The van der Waals surface area contributed by atoms with Crippen molar-refractivity contribution >= 4 is 26.9 Å². The van der Waals surface area contributed by atoms with Gasteiger partial charge in [0.15, 0.2) is 0 Å². The quantitative estimate of drug-likeness (QED) is 0.936. The number of hydrogen-bond donors (Lipinski definition) is 1.